The highest BCUT2D eigenvalue weighted by Gasteiger charge is 2.43. The number of nitrogens with one attached hydrogen (secondary N) is 1. The van der Waals surface area contributed by atoms with E-state index in [2.05, 4.69) is 18.1 Å². The molecule has 212 valence electrons. The molecule has 1 aromatic heterocycles. The van der Waals surface area contributed by atoms with Crippen LogP contribution in [0.1, 0.15) is 37.5 Å². The molecule has 0 radical (unpaired) electrons. The van der Waals surface area contributed by atoms with Crippen molar-refractivity contribution in [2.45, 2.75) is 51.0 Å². The van der Waals surface area contributed by atoms with Crippen molar-refractivity contribution in [3.63, 3.8) is 0 Å². The Kier molecular flexibility index (Phi) is 11.8. The van der Waals surface area contributed by atoms with Crippen molar-refractivity contribution in [3.05, 3.63) is 44.8 Å². The van der Waals surface area contributed by atoms with Crippen molar-refractivity contribution in [3.8, 4) is 0 Å². The summed E-state index contributed by atoms with van der Waals surface area (Å²) in [6.07, 6.45) is 4.55. The Hall–Kier alpha value is -1.29. The smallest absolute Gasteiger partial charge is 0.371 e. The first kappa shape index (κ1) is 31.9. The van der Waals surface area contributed by atoms with Crippen molar-refractivity contribution in [2.75, 3.05) is 19.8 Å². The van der Waals surface area contributed by atoms with Gasteiger partial charge in [0.05, 0.1) is 19.3 Å². The van der Waals surface area contributed by atoms with Gasteiger partial charge in [-0.1, -0.05) is 12.2 Å². The normalized spacial score (nSPS) is 23.8. The van der Waals surface area contributed by atoms with Gasteiger partial charge in [0.15, 0.2) is 0 Å². The average Bonchev–Trinajstić information content (AvgIpc) is 3.14. The highest BCUT2D eigenvalue weighted by molar-refractivity contribution is 7.66. The number of unbranched alkanes of at least 4 members (excludes halogenated alkanes) is 2. The molecule has 0 amide bonds. The highest BCUT2D eigenvalue weighted by atomic mass is 31.3. The summed E-state index contributed by atoms with van der Waals surface area (Å²) in [4.78, 5) is 62.3. The zero-order chi connectivity index (χ0) is 27.9. The number of nitrogens with two attached hydrogens (primary N) is 1. The Bertz CT molecular complexity index is 1190. The maximum Gasteiger partial charge on any atom is 0.490 e. The van der Waals surface area contributed by atoms with Crippen LogP contribution in [0, 0.1) is 6.92 Å². The van der Waals surface area contributed by atoms with Crippen molar-refractivity contribution in [1.29, 1.82) is 0 Å². The number of aromatic nitrogens is 2. The van der Waals surface area contributed by atoms with Crippen LogP contribution >= 0.6 is 23.5 Å². The molecule has 1 aromatic rings. The second kappa shape index (κ2) is 13.7. The maximum absolute atomic E-state index is 12.3. The van der Waals surface area contributed by atoms with E-state index in [9.17, 15) is 33.1 Å². The van der Waals surface area contributed by atoms with Gasteiger partial charge in [-0.15, -0.1) is 0 Å². The molecule has 5 atom stereocenters. The predicted molar refractivity (Wildman–Crippen MR) is 126 cm³/mol. The molecule has 0 aliphatic carbocycles. The number of aryl methyl sites for hydroxylation is 1. The van der Waals surface area contributed by atoms with E-state index < -0.39 is 59.8 Å². The lowest BCUT2D eigenvalue weighted by Crippen LogP contribution is -2.33. The number of rotatable bonds is 15. The van der Waals surface area contributed by atoms with Crippen LogP contribution in [-0.4, -0.2) is 61.1 Å². The maximum atomic E-state index is 12.3. The zero-order valence-electron chi connectivity index (χ0n) is 19.7. The minimum atomic E-state index is -5.69. The number of allylic oxidation sites excluding steroid dienone is 1. The van der Waals surface area contributed by atoms with Crippen LogP contribution in [0.25, 0.3) is 0 Å². The minimum absolute atomic E-state index is 0.0524. The largest absolute Gasteiger partial charge is 0.490 e. The molecule has 0 saturated carbocycles. The molecule has 20 heteroatoms. The number of ether oxygens (including phenoxy) is 2. The summed E-state index contributed by atoms with van der Waals surface area (Å²) in [5.74, 6) is 0. The molecule has 37 heavy (non-hydrogen) atoms. The van der Waals surface area contributed by atoms with E-state index >= 15 is 0 Å². The van der Waals surface area contributed by atoms with Crippen molar-refractivity contribution in [1.82, 2.24) is 9.55 Å². The molecule has 1 saturated heterocycles. The molecule has 17 nitrogen and oxygen atoms in total. The summed E-state index contributed by atoms with van der Waals surface area (Å²) < 4.78 is 59.0. The van der Waals surface area contributed by atoms with E-state index in [1.54, 1.807) is 6.08 Å². The first-order valence-electron chi connectivity index (χ1n) is 10.8. The van der Waals surface area contributed by atoms with Crippen molar-refractivity contribution < 1.29 is 55.9 Å². The van der Waals surface area contributed by atoms with Crippen molar-refractivity contribution in [2.24, 2.45) is 5.73 Å². The lowest BCUT2D eigenvalue weighted by molar-refractivity contribution is -0.0571. The van der Waals surface area contributed by atoms with Gasteiger partial charge in [0.2, 0.25) is 0 Å². The molecule has 0 bridgehead atoms. The first-order chi connectivity index (χ1) is 17.1. The monoisotopic (exact) mass is 593 g/mol. The summed E-state index contributed by atoms with van der Waals surface area (Å²) in [5, 5.41) is 0. The average molecular weight is 593 g/mol. The fourth-order valence-corrected chi connectivity index (χ4v) is 6.27. The van der Waals surface area contributed by atoms with Gasteiger partial charge in [0, 0.05) is 18.2 Å². The highest BCUT2D eigenvalue weighted by Crippen LogP contribution is 2.66. The lowest BCUT2D eigenvalue weighted by atomic mass is 10.2. The van der Waals surface area contributed by atoms with E-state index in [1.807, 2.05) is 6.08 Å². The Balaban J connectivity index is 2.11. The summed E-state index contributed by atoms with van der Waals surface area (Å²) in [7, 11) is -16.6. The molecule has 0 aromatic carbocycles. The summed E-state index contributed by atoms with van der Waals surface area (Å²) in [6.45, 7) is 1.39. The van der Waals surface area contributed by atoms with E-state index in [4.69, 9.17) is 25.0 Å². The Labute approximate surface area is 210 Å². The van der Waals surface area contributed by atoms with Gasteiger partial charge in [-0.2, -0.15) is 8.62 Å². The van der Waals surface area contributed by atoms with E-state index in [1.165, 1.54) is 13.1 Å². The van der Waals surface area contributed by atoms with Gasteiger partial charge in [-0.05, 0) is 32.7 Å². The lowest BCUT2D eigenvalue weighted by Gasteiger charge is -2.21. The molecule has 1 fully saturated rings. The topological polar surface area (TPSA) is 259 Å². The number of phosphoric ester groups is 1. The fourth-order valence-electron chi connectivity index (χ4n) is 3.24. The number of phosphoric acid groups is 3. The van der Waals surface area contributed by atoms with Crippen LogP contribution in [0.5, 0.6) is 0 Å². The molecule has 2 unspecified atom stereocenters. The van der Waals surface area contributed by atoms with Gasteiger partial charge in [-0.3, -0.25) is 18.9 Å². The van der Waals surface area contributed by atoms with Gasteiger partial charge >= 0.3 is 29.2 Å². The predicted octanol–water partition coefficient (Wildman–Crippen LogP) is 0.546. The Morgan fingerprint density at radius 1 is 1.14 bits per heavy atom. The van der Waals surface area contributed by atoms with Crippen molar-refractivity contribution >= 4 is 23.5 Å². The van der Waals surface area contributed by atoms with Crippen LogP contribution in [0.2, 0.25) is 0 Å². The second-order valence-corrected chi connectivity index (χ2v) is 12.3. The molecule has 1 aliphatic rings. The van der Waals surface area contributed by atoms with Crippen LogP contribution in [-0.2, 0) is 36.3 Å². The van der Waals surface area contributed by atoms with Gasteiger partial charge in [-0.25, -0.2) is 18.5 Å². The second-order valence-electron chi connectivity index (χ2n) is 7.86. The van der Waals surface area contributed by atoms with Crippen LogP contribution < -0.4 is 17.0 Å². The van der Waals surface area contributed by atoms with Gasteiger partial charge in [0.25, 0.3) is 5.56 Å². The third kappa shape index (κ3) is 11.2. The summed E-state index contributed by atoms with van der Waals surface area (Å²) >= 11 is 0. The van der Waals surface area contributed by atoms with Gasteiger partial charge in [0.1, 0.15) is 12.3 Å². The fraction of sp³-hybridized carbons (Fsp3) is 0.647. The third-order valence-electron chi connectivity index (χ3n) is 4.85. The first-order valence-corrected chi connectivity index (χ1v) is 15.4. The quantitative estimate of drug-likeness (QED) is 0.0921. The molecule has 7 N–H and O–H groups in total. The van der Waals surface area contributed by atoms with E-state index in [0.29, 0.717) is 6.54 Å². The minimum Gasteiger partial charge on any atom is -0.371 e. The number of aromatic amines is 1. The van der Waals surface area contributed by atoms with E-state index in [0.717, 1.165) is 23.8 Å². The molecule has 2 heterocycles. The Morgan fingerprint density at radius 2 is 1.84 bits per heavy atom. The van der Waals surface area contributed by atoms with Crippen LogP contribution in [0.4, 0.5) is 0 Å². The third-order valence-corrected chi connectivity index (χ3v) is 8.66. The van der Waals surface area contributed by atoms with Crippen LogP contribution in [0.15, 0.2) is 27.9 Å². The van der Waals surface area contributed by atoms with Crippen LogP contribution in [0.3, 0.4) is 0 Å². The molecular weight excluding hydrogens is 563 g/mol. The standard InChI is InChI=1S/C17H30N3O14P3/c1-12-10-20(17(22)19-16(12)21)15-9-13(30-8-6-4-2-3-5-7-18)14(32-15)11-31-36(26,27)34-37(28,29)33-35(23,24)25/h4,6,10,13-15H,2-3,5,7-9,11,18H2,1H3,(H,26,27)(H,28,29)(H,19,21,22)(H2,23,24,25)/b6-4+/t13-,14+,15+/m0/s1. The number of hydrogen-bond donors (Lipinski definition) is 6. The molecule has 0 spiro atoms. The summed E-state index contributed by atoms with van der Waals surface area (Å²) in [5.41, 5.74) is 4.30. The molecule has 1 aliphatic heterocycles. The zero-order valence-corrected chi connectivity index (χ0v) is 22.3. The SMILES string of the molecule is Cc1cn([C@H]2C[C@H](OC/C=C/CCCCN)[C@@H](COP(=O)(O)OP(=O)(O)OP(=O)(O)O)O2)c(=O)[nH]c1=O. The van der Waals surface area contributed by atoms with Gasteiger partial charge < -0.3 is 34.8 Å². The molecular formula is C17H30N3O14P3. The molecule has 2 rings (SSSR count). The number of hydrogen-bond acceptors (Lipinski definition) is 11. The number of H-pyrrole nitrogens is 1. The van der Waals surface area contributed by atoms with E-state index in [-0.39, 0.29) is 18.6 Å². The number of nitrogens with zero attached hydrogens (tertiary/aromatic N) is 1. The Morgan fingerprint density at radius 3 is 2.49 bits per heavy atom. The summed E-state index contributed by atoms with van der Waals surface area (Å²) in [6, 6.07) is 0.